The number of halogens is 1. The van der Waals surface area contributed by atoms with Crippen molar-refractivity contribution in [1.29, 1.82) is 0 Å². The van der Waals surface area contributed by atoms with Crippen LogP contribution in [0.15, 0.2) is 18.2 Å². The molecule has 0 aromatic heterocycles. The molecule has 2 rings (SSSR count). The Hall–Kier alpha value is -0.890. The summed E-state index contributed by atoms with van der Waals surface area (Å²) in [7, 11) is 0. The summed E-state index contributed by atoms with van der Waals surface area (Å²) >= 11 is 2.06. The van der Waals surface area contributed by atoms with Crippen LogP contribution in [0.3, 0.4) is 0 Å². The molecule has 0 spiro atoms. The van der Waals surface area contributed by atoms with E-state index in [1.807, 2.05) is 11.0 Å². The van der Waals surface area contributed by atoms with Crippen LogP contribution < -0.4 is 4.90 Å². The van der Waals surface area contributed by atoms with Gasteiger partial charge in [0, 0.05) is 22.2 Å². The van der Waals surface area contributed by atoms with E-state index in [-0.39, 0.29) is 17.2 Å². The smallest absolute Gasteiger partial charge is 0.293 e. The van der Waals surface area contributed by atoms with Gasteiger partial charge in [-0.2, -0.15) is 0 Å². The molecule has 0 saturated heterocycles. The van der Waals surface area contributed by atoms with Gasteiger partial charge in [0.15, 0.2) is 0 Å². The lowest BCUT2D eigenvalue weighted by Crippen LogP contribution is -2.29. The number of aliphatic hydroxyl groups excluding tert-OH is 1. The third-order valence-corrected chi connectivity index (χ3v) is 3.44. The molecule has 6 heteroatoms. The largest absolute Gasteiger partial charge is 0.395 e. The normalized spacial score (nSPS) is 14.7. The molecule has 0 atom stereocenters. The standard InChI is InChI=1S/C11H13IN2O3/c12-8-1-4-10(11(7-8)14(16)17)13(5-6-15)9-2-3-9/h1,4,7,9,15H,2-3,5-6H2. The second-order valence-corrected chi connectivity index (χ2v) is 5.28. The summed E-state index contributed by atoms with van der Waals surface area (Å²) in [6.07, 6.45) is 2.09. The van der Waals surface area contributed by atoms with Gasteiger partial charge in [-0.25, -0.2) is 0 Å². The Morgan fingerprint density at radius 1 is 1.53 bits per heavy atom. The molecule has 0 heterocycles. The number of hydrogen-bond acceptors (Lipinski definition) is 4. The van der Waals surface area contributed by atoms with Crippen LogP contribution in [0.2, 0.25) is 0 Å². The second kappa shape index (κ2) is 5.18. The molecule has 0 unspecified atom stereocenters. The number of nitro benzene ring substituents is 1. The van der Waals surface area contributed by atoms with Crippen molar-refractivity contribution in [2.45, 2.75) is 18.9 Å². The molecule has 0 aliphatic heterocycles. The van der Waals surface area contributed by atoms with Gasteiger partial charge in [0.2, 0.25) is 0 Å². The summed E-state index contributed by atoms with van der Waals surface area (Å²) in [4.78, 5) is 12.6. The van der Waals surface area contributed by atoms with Gasteiger partial charge in [0.1, 0.15) is 5.69 Å². The lowest BCUT2D eigenvalue weighted by Gasteiger charge is -2.23. The number of anilines is 1. The minimum Gasteiger partial charge on any atom is -0.395 e. The maximum Gasteiger partial charge on any atom is 0.293 e. The third-order valence-electron chi connectivity index (χ3n) is 2.77. The summed E-state index contributed by atoms with van der Waals surface area (Å²) in [5, 5.41) is 20.1. The number of rotatable bonds is 5. The Morgan fingerprint density at radius 2 is 2.24 bits per heavy atom. The first-order chi connectivity index (χ1) is 8.13. The first-order valence-corrected chi connectivity index (χ1v) is 6.53. The van der Waals surface area contributed by atoms with E-state index in [0.29, 0.717) is 18.3 Å². The lowest BCUT2D eigenvalue weighted by molar-refractivity contribution is -0.384. The van der Waals surface area contributed by atoms with Gasteiger partial charge in [-0.05, 0) is 47.6 Å². The zero-order chi connectivity index (χ0) is 12.4. The molecular weight excluding hydrogens is 335 g/mol. The summed E-state index contributed by atoms with van der Waals surface area (Å²) in [5.74, 6) is 0. The molecule has 1 saturated carbocycles. The summed E-state index contributed by atoms with van der Waals surface area (Å²) < 4.78 is 0.845. The van der Waals surface area contributed by atoms with Crippen LogP contribution in [0.5, 0.6) is 0 Å². The van der Waals surface area contributed by atoms with Crippen molar-refractivity contribution in [3.63, 3.8) is 0 Å². The fraction of sp³-hybridized carbons (Fsp3) is 0.455. The van der Waals surface area contributed by atoms with Crippen LogP contribution in [0.1, 0.15) is 12.8 Å². The average Bonchev–Trinajstić information content (AvgIpc) is 3.10. The highest BCUT2D eigenvalue weighted by Gasteiger charge is 2.32. The van der Waals surface area contributed by atoms with E-state index in [4.69, 9.17) is 5.11 Å². The van der Waals surface area contributed by atoms with E-state index in [0.717, 1.165) is 16.4 Å². The zero-order valence-electron chi connectivity index (χ0n) is 9.17. The molecule has 92 valence electrons. The molecule has 1 aromatic rings. The highest BCUT2D eigenvalue weighted by atomic mass is 127. The maximum atomic E-state index is 11.0. The van der Waals surface area contributed by atoms with Crippen molar-refractivity contribution in [3.8, 4) is 0 Å². The van der Waals surface area contributed by atoms with Crippen molar-refractivity contribution in [3.05, 3.63) is 31.9 Å². The minimum absolute atomic E-state index is 0.0135. The quantitative estimate of drug-likeness (QED) is 0.503. The van der Waals surface area contributed by atoms with Gasteiger partial charge < -0.3 is 10.0 Å². The molecule has 5 nitrogen and oxygen atoms in total. The molecule has 0 radical (unpaired) electrons. The highest BCUT2D eigenvalue weighted by molar-refractivity contribution is 14.1. The fourth-order valence-electron chi connectivity index (χ4n) is 1.88. The van der Waals surface area contributed by atoms with E-state index >= 15 is 0 Å². The number of aliphatic hydroxyl groups is 1. The molecule has 1 aliphatic carbocycles. The van der Waals surface area contributed by atoms with Crippen LogP contribution in [0.4, 0.5) is 11.4 Å². The SMILES string of the molecule is O=[N+]([O-])c1cc(I)ccc1N(CCO)C1CC1. The molecule has 1 fully saturated rings. The Labute approximate surface area is 113 Å². The topological polar surface area (TPSA) is 66.6 Å². The predicted octanol–water partition coefficient (Wildman–Crippen LogP) is 2.16. The molecule has 0 amide bonds. The van der Waals surface area contributed by atoms with Crippen LogP contribution >= 0.6 is 22.6 Å². The Bertz CT molecular complexity index is 435. The predicted molar refractivity (Wildman–Crippen MR) is 73.3 cm³/mol. The Kier molecular flexibility index (Phi) is 3.82. The van der Waals surface area contributed by atoms with Gasteiger partial charge in [-0.1, -0.05) is 0 Å². The molecule has 1 N–H and O–H groups in total. The summed E-state index contributed by atoms with van der Waals surface area (Å²) in [6.45, 7) is 0.464. The Morgan fingerprint density at radius 3 is 2.76 bits per heavy atom. The Balaban J connectivity index is 2.37. The third kappa shape index (κ3) is 2.86. The first kappa shape index (κ1) is 12.6. The number of nitrogens with zero attached hydrogens (tertiary/aromatic N) is 2. The molecule has 17 heavy (non-hydrogen) atoms. The van der Waals surface area contributed by atoms with Gasteiger partial charge in [-0.15, -0.1) is 0 Å². The van der Waals surface area contributed by atoms with Gasteiger partial charge in [-0.3, -0.25) is 10.1 Å². The van der Waals surface area contributed by atoms with Crippen molar-refractivity contribution in [2.75, 3.05) is 18.1 Å². The number of nitro groups is 1. The molecule has 1 aromatic carbocycles. The van der Waals surface area contributed by atoms with E-state index < -0.39 is 0 Å². The van der Waals surface area contributed by atoms with Crippen LogP contribution in [-0.4, -0.2) is 29.2 Å². The van der Waals surface area contributed by atoms with Crippen LogP contribution in [-0.2, 0) is 0 Å². The lowest BCUT2D eigenvalue weighted by atomic mass is 10.2. The van der Waals surface area contributed by atoms with E-state index in [2.05, 4.69) is 22.6 Å². The molecule has 0 bridgehead atoms. The van der Waals surface area contributed by atoms with Crippen molar-refractivity contribution in [2.24, 2.45) is 0 Å². The van der Waals surface area contributed by atoms with Gasteiger partial charge in [0.05, 0.1) is 11.5 Å². The van der Waals surface area contributed by atoms with Crippen LogP contribution in [0.25, 0.3) is 0 Å². The second-order valence-electron chi connectivity index (χ2n) is 4.04. The number of benzene rings is 1. The minimum atomic E-state index is -0.357. The highest BCUT2D eigenvalue weighted by Crippen LogP contribution is 2.37. The summed E-state index contributed by atoms with van der Waals surface area (Å²) in [6, 6.07) is 5.55. The molecule has 1 aliphatic rings. The monoisotopic (exact) mass is 348 g/mol. The fourth-order valence-corrected chi connectivity index (χ4v) is 2.35. The van der Waals surface area contributed by atoms with Crippen molar-refractivity contribution < 1.29 is 10.0 Å². The van der Waals surface area contributed by atoms with E-state index in [1.54, 1.807) is 12.1 Å². The first-order valence-electron chi connectivity index (χ1n) is 5.45. The van der Waals surface area contributed by atoms with Gasteiger partial charge in [0.25, 0.3) is 5.69 Å². The number of hydrogen-bond donors (Lipinski definition) is 1. The van der Waals surface area contributed by atoms with Crippen molar-refractivity contribution in [1.82, 2.24) is 0 Å². The van der Waals surface area contributed by atoms with Crippen molar-refractivity contribution >= 4 is 34.0 Å². The van der Waals surface area contributed by atoms with Crippen LogP contribution in [0, 0.1) is 13.7 Å². The average molecular weight is 348 g/mol. The summed E-state index contributed by atoms with van der Waals surface area (Å²) in [5.41, 5.74) is 0.740. The van der Waals surface area contributed by atoms with Gasteiger partial charge >= 0.3 is 0 Å². The molecular formula is C11H13IN2O3. The zero-order valence-corrected chi connectivity index (χ0v) is 11.3. The van der Waals surface area contributed by atoms with E-state index in [9.17, 15) is 10.1 Å². The van der Waals surface area contributed by atoms with E-state index in [1.165, 1.54) is 0 Å². The maximum absolute atomic E-state index is 11.0.